The predicted octanol–water partition coefficient (Wildman–Crippen LogP) is 5.30. The highest BCUT2D eigenvalue weighted by Gasteiger charge is 2.22. The lowest BCUT2D eigenvalue weighted by Crippen LogP contribution is -2.19. The van der Waals surface area contributed by atoms with E-state index in [1.807, 2.05) is 60.7 Å². The third-order valence-corrected chi connectivity index (χ3v) is 4.72. The first-order chi connectivity index (χ1) is 11.7. The summed E-state index contributed by atoms with van der Waals surface area (Å²) in [6, 6.07) is 25.2. The molecule has 2 nitrogen and oxygen atoms in total. The van der Waals surface area contributed by atoms with Crippen molar-refractivity contribution in [2.24, 2.45) is 0 Å². The summed E-state index contributed by atoms with van der Waals surface area (Å²) >= 11 is 1.49. The smallest absolute Gasteiger partial charge is 0.242 e. The first kappa shape index (κ1) is 16.3. The van der Waals surface area contributed by atoms with Gasteiger partial charge < -0.3 is 5.32 Å². The standard InChI is InChI=1S/C20H16FNOS/c21-16-11-13-17(14-12-16)22-20(23)19(15-7-3-1-4-8-15)24-18-9-5-2-6-10-18/h1-14,19H,(H,22,23)/t19-/m1/s1. The van der Waals surface area contributed by atoms with Crippen LogP contribution in [-0.2, 0) is 4.79 Å². The van der Waals surface area contributed by atoms with Crippen molar-refractivity contribution in [3.63, 3.8) is 0 Å². The van der Waals surface area contributed by atoms with Gasteiger partial charge in [0.2, 0.25) is 5.91 Å². The van der Waals surface area contributed by atoms with Gasteiger partial charge in [-0.25, -0.2) is 4.39 Å². The maximum absolute atomic E-state index is 13.0. The Kier molecular flexibility index (Phi) is 5.29. The molecule has 0 radical (unpaired) electrons. The second-order valence-corrected chi connectivity index (χ2v) is 6.40. The van der Waals surface area contributed by atoms with E-state index in [9.17, 15) is 9.18 Å². The summed E-state index contributed by atoms with van der Waals surface area (Å²) in [5.41, 5.74) is 1.50. The minimum atomic E-state index is -0.390. The van der Waals surface area contributed by atoms with Crippen LogP contribution in [0.25, 0.3) is 0 Å². The van der Waals surface area contributed by atoms with Crippen molar-refractivity contribution in [1.29, 1.82) is 0 Å². The molecular weight excluding hydrogens is 321 g/mol. The molecule has 1 atom stereocenters. The van der Waals surface area contributed by atoms with Gasteiger partial charge in [0.05, 0.1) is 0 Å². The van der Waals surface area contributed by atoms with Gasteiger partial charge in [-0.1, -0.05) is 48.5 Å². The van der Waals surface area contributed by atoms with Crippen molar-refractivity contribution in [3.05, 3.63) is 96.3 Å². The number of hydrogen-bond acceptors (Lipinski definition) is 2. The van der Waals surface area contributed by atoms with Gasteiger partial charge in [0.25, 0.3) is 0 Å². The van der Waals surface area contributed by atoms with Crippen molar-refractivity contribution < 1.29 is 9.18 Å². The largest absolute Gasteiger partial charge is 0.325 e. The molecule has 0 aliphatic rings. The van der Waals surface area contributed by atoms with Crippen LogP contribution >= 0.6 is 11.8 Å². The van der Waals surface area contributed by atoms with Crippen LogP contribution in [0.1, 0.15) is 10.8 Å². The van der Waals surface area contributed by atoms with Crippen molar-refractivity contribution >= 4 is 23.4 Å². The van der Waals surface area contributed by atoms with E-state index in [2.05, 4.69) is 5.32 Å². The molecule has 0 bridgehead atoms. The molecule has 3 aromatic carbocycles. The lowest BCUT2D eigenvalue weighted by Gasteiger charge is -2.17. The molecule has 0 saturated heterocycles. The topological polar surface area (TPSA) is 29.1 Å². The summed E-state index contributed by atoms with van der Waals surface area (Å²) < 4.78 is 13.0. The monoisotopic (exact) mass is 337 g/mol. The number of rotatable bonds is 5. The number of amides is 1. The number of benzene rings is 3. The van der Waals surface area contributed by atoms with Crippen molar-refractivity contribution in [2.75, 3.05) is 5.32 Å². The molecule has 120 valence electrons. The van der Waals surface area contributed by atoms with Crippen molar-refractivity contribution in [3.8, 4) is 0 Å². The minimum Gasteiger partial charge on any atom is -0.325 e. The highest BCUT2D eigenvalue weighted by molar-refractivity contribution is 8.00. The van der Waals surface area contributed by atoms with Gasteiger partial charge in [-0.3, -0.25) is 4.79 Å². The average molecular weight is 337 g/mol. The molecule has 0 aliphatic carbocycles. The highest BCUT2D eigenvalue weighted by Crippen LogP contribution is 2.36. The maximum Gasteiger partial charge on any atom is 0.242 e. The lowest BCUT2D eigenvalue weighted by atomic mass is 10.1. The van der Waals surface area contributed by atoms with Crippen molar-refractivity contribution in [1.82, 2.24) is 0 Å². The Morgan fingerprint density at radius 3 is 2.04 bits per heavy atom. The van der Waals surface area contributed by atoms with Crippen molar-refractivity contribution in [2.45, 2.75) is 10.1 Å². The van der Waals surface area contributed by atoms with Crippen LogP contribution in [0.5, 0.6) is 0 Å². The van der Waals surface area contributed by atoms with E-state index in [0.29, 0.717) is 5.69 Å². The molecule has 1 N–H and O–H groups in total. The molecule has 0 heterocycles. The zero-order valence-electron chi connectivity index (χ0n) is 12.9. The fraction of sp³-hybridized carbons (Fsp3) is 0.0500. The normalized spacial score (nSPS) is 11.7. The van der Waals surface area contributed by atoms with Crippen LogP contribution in [0.4, 0.5) is 10.1 Å². The quantitative estimate of drug-likeness (QED) is 0.640. The fourth-order valence-corrected chi connectivity index (χ4v) is 3.32. The Bertz CT molecular complexity index is 791. The van der Waals surface area contributed by atoms with Gasteiger partial charge in [-0.2, -0.15) is 0 Å². The number of thioether (sulfide) groups is 1. The number of carbonyl (C=O) groups excluding carboxylic acids is 1. The third-order valence-electron chi connectivity index (χ3n) is 3.45. The van der Waals surface area contributed by atoms with Crippen LogP contribution in [-0.4, -0.2) is 5.91 Å². The number of hydrogen-bond donors (Lipinski definition) is 1. The summed E-state index contributed by atoms with van der Waals surface area (Å²) in [6.45, 7) is 0. The molecule has 0 aromatic heterocycles. The van der Waals surface area contributed by atoms with Crippen LogP contribution < -0.4 is 5.32 Å². The highest BCUT2D eigenvalue weighted by atomic mass is 32.2. The summed E-state index contributed by atoms with van der Waals surface area (Å²) in [5.74, 6) is -0.465. The van der Waals surface area contributed by atoms with E-state index in [1.54, 1.807) is 12.1 Å². The Labute approximate surface area is 144 Å². The first-order valence-electron chi connectivity index (χ1n) is 7.55. The number of nitrogens with one attached hydrogen (secondary N) is 1. The van der Waals surface area contributed by atoms with E-state index >= 15 is 0 Å². The Hall–Kier alpha value is -2.59. The third kappa shape index (κ3) is 4.24. The fourth-order valence-electron chi connectivity index (χ4n) is 2.28. The second kappa shape index (κ2) is 7.79. The molecular formula is C20H16FNOS. The molecule has 0 aliphatic heterocycles. The predicted molar refractivity (Wildman–Crippen MR) is 96.5 cm³/mol. The molecule has 0 saturated carbocycles. The van der Waals surface area contributed by atoms with E-state index in [1.165, 1.54) is 23.9 Å². The van der Waals surface area contributed by atoms with Crippen LogP contribution in [0.3, 0.4) is 0 Å². The van der Waals surface area contributed by atoms with E-state index in [-0.39, 0.29) is 11.7 Å². The number of anilines is 1. The minimum absolute atomic E-state index is 0.137. The number of halogens is 1. The molecule has 0 spiro atoms. The van der Waals surface area contributed by atoms with Crippen LogP contribution in [0.2, 0.25) is 0 Å². The molecule has 3 rings (SSSR count). The zero-order valence-corrected chi connectivity index (χ0v) is 13.7. The van der Waals surface area contributed by atoms with E-state index in [4.69, 9.17) is 0 Å². The second-order valence-electron chi connectivity index (χ2n) is 5.22. The van der Waals surface area contributed by atoms with Crippen LogP contribution in [0.15, 0.2) is 89.8 Å². The summed E-state index contributed by atoms with van der Waals surface area (Å²) in [5, 5.41) is 2.47. The summed E-state index contributed by atoms with van der Waals surface area (Å²) in [7, 11) is 0. The molecule has 3 aromatic rings. The van der Waals surface area contributed by atoms with Gasteiger partial charge >= 0.3 is 0 Å². The lowest BCUT2D eigenvalue weighted by molar-refractivity contribution is -0.115. The van der Waals surface area contributed by atoms with Gasteiger partial charge in [0.15, 0.2) is 0 Å². The average Bonchev–Trinajstić information content (AvgIpc) is 2.63. The maximum atomic E-state index is 13.0. The molecule has 0 unspecified atom stereocenters. The zero-order chi connectivity index (χ0) is 16.8. The van der Waals surface area contributed by atoms with Gasteiger partial charge in [0.1, 0.15) is 11.1 Å². The summed E-state index contributed by atoms with van der Waals surface area (Å²) in [4.78, 5) is 13.8. The Morgan fingerprint density at radius 2 is 1.42 bits per heavy atom. The molecule has 0 fully saturated rings. The SMILES string of the molecule is O=C(Nc1ccc(F)cc1)[C@H](Sc1ccccc1)c1ccccc1. The molecule has 24 heavy (non-hydrogen) atoms. The van der Waals surface area contributed by atoms with Gasteiger partial charge in [0, 0.05) is 10.6 Å². The van der Waals surface area contributed by atoms with Gasteiger partial charge in [-0.05, 0) is 42.0 Å². The first-order valence-corrected chi connectivity index (χ1v) is 8.43. The van der Waals surface area contributed by atoms with Gasteiger partial charge in [-0.15, -0.1) is 11.8 Å². The Morgan fingerprint density at radius 1 is 0.833 bits per heavy atom. The molecule has 4 heteroatoms. The molecule has 1 amide bonds. The van der Waals surface area contributed by atoms with E-state index in [0.717, 1.165) is 10.5 Å². The summed E-state index contributed by atoms with van der Waals surface area (Å²) in [6.07, 6.45) is 0. The van der Waals surface area contributed by atoms with Crippen LogP contribution in [0, 0.1) is 5.82 Å². The number of carbonyl (C=O) groups is 1. The Balaban J connectivity index is 1.83. The van der Waals surface area contributed by atoms with E-state index < -0.39 is 5.25 Å².